The Bertz CT molecular complexity index is 1140. The second-order valence-corrected chi connectivity index (χ2v) is 8.38. The molecule has 0 amide bonds. The molecule has 0 fully saturated rings. The van der Waals surface area contributed by atoms with Crippen LogP contribution in [0.25, 0.3) is 17.0 Å². The minimum Gasteiger partial charge on any atom is -0.305 e. The summed E-state index contributed by atoms with van der Waals surface area (Å²) in [4.78, 5) is 13.8. The van der Waals surface area contributed by atoms with Crippen LogP contribution in [0.3, 0.4) is 0 Å². The Kier molecular flexibility index (Phi) is 4.75. The second kappa shape index (κ2) is 7.09. The molecule has 3 aromatic rings. The van der Waals surface area contributed by atoms with Crippen molar-refractivity contribution in [3.8, 4) is 11.3 Å². The summed E-state index contributed by atoms with van der Waals surface area (Å²) in [6.07, 6.45) is 5.37. The van der Waals surface area contributed by atoms with Crippen molar-refractivity contribution in [3.05, 3.63) is 71.1 Å². The second-order valence-electron chi connectivity index (χ2n) is 7.39. The number of aromatic nitrogens is 4. The van der Waals surface area contributed by atoms with Gasteiger partial charge in [0, 0.05) is 28.8 Å². The maximum Gasteiger partial charge on any atom is 0.265 e. The normalized spacial score (nSPS) is 17.9. The van der Waals surface area contributed by atoms with Gasteiger partial charge in [-0.15, -0.1) is 23.4 Å². The molecule has 144 valence electrons. The van der Waals surface area contributed by atoms with Gasteiger partial charge >= 0.3 is 0 Å². The van der Waals surface area contributed by atoms with Gasteiger partial charge in [0.25, 0.3) is 5.56 Å². The van der Waals surface area contributed by atoms with E-state index in [0.717, 1.165) is 29.7 Å². The molecule has 0 saturated carbocycles. The van der Waals surface area contributed by atoms with Gasteiger partial charge in [0.15, 0.2) is 5.16 Å². The predicted octanol–water partition coefficient (Wildman–Crippen LogP) is 4.25. The lowest BCUT2D eigenvalue weighted by Crippen LogP contribution is -2.39. The molecule has 4 rings (SSSR count). The predicted molar refractivity (Wildman–Crippen MR) is 115 cm³/mol. The molecule has 5 nitrogen and oxygen atoms in total. The zero-order valence-corrected chi connectivity index (χ0v) is 17.1. The Balaban J connectivity index is 2.17. The molecule has 1 aromatic carbocycles. The fourth-order valence-electron chi connectivity index (χ4n) is 4.13. The molecule has 0 unspecified atom stereocenters. The topological polar surface area (TPSA) is 52.2 Å². The minimum atomic E-state index is -0.247. The molecular formula is C22H24N4OS. The maximum absolute atomic E-state index is 13.8. The van der Waals surface area contributed by atoms with Crippen molar-refractivity contribution >= 4 is 17.5 Å². The number of rotatable bonds is 6. The molecule has 6 heteroatoms. The summed E-state index contributed by atoms with van der Waals surface area (Å²) in [6, 6.07) is 8.35. The third kappa shape index (κ3) is 2.66. The third-order valence-electron chi connectivity index (χ3n) is 5.66. The van der Waals surface area contributed by atoms with Gasteiger partial charge in [-0.1, -0.05) is 62.0 Å². The fourth-order valence-corrected chi connectivity index (χ4v) is 4.79. The highest BCUT2D eigenvalue weighted by atomic mass is 32.2. The lowest BCUT2D eigenvalue weighted by Gasteiger charge is -2.37. The molecule has 1 aliphatic carbocycles. The van der Waals surface area contributed by atoms with Crippen LogP contribution in [0, 0.1) is 0 Å². The van der Waals surface area contributed by atoms with Crippen LogP contribution in [0.15, 0.2) is 59.5 Å². The first-order valence-corrected chi connectivity index (χ1v) is 10.5. The Hall–Kier alpha value is -2.60. The molecule has 1 atom stereocenters. The molecule has 0 saturated heterocycles. The lowest BCUT2D eigenvalue weighted by atomic mass is 9.69. The smallest absolute Gasteiger partial charge is 0.265 e. The zero-order chi connectivity index (χ0) is 19.9. The first-order valence-electron chi connectivity index (χ1n) is 9.51. The van der Waals surface area contributed by atoms with E-state index < -0.39 is 0 Å². The van der Waals surface area contributed by atoms with E-state index in [4.69, 9.17) is 0 Å². The van der Waals surface area contributed by atoms with Crippen molar-refractivity contribution in [3.63, 3.8) is 0 Å². The Morgan fingerprint density at radius 2 is 2.04 bits per heavy atom. The van der Waals surface area contributed by atoms with Crippen LogP contribution < -0.4 is 5.56 Å². The molecule has 0 bridgehead atoms. The summed E-state index contributed by atoms with van der Waals surface area (Å²) in [5.74, 6) is 1.23. The summed E-state index contributed by atoms with van der Waals surface area (Å²) in [7, 11) is 0. The molecule has 1 aliphatic rings. The Morgan fingerprint density at radius 3 is 2.75 bits per heavy atom. The molecule has 2 aromatic heterocycles. The number of fused-ring (bicyclic) bond motifs is 4. The van der Waals surface area contributed by atoms with Crippen LogP contribution in [0.2, 0.25) is 0 Å². The number of benzene rings is 1. The summed E-state index contributed by atoms with van der Waals surface area (Å²) >= 11 is 1.47. The van der Waals surface area contributed by atoms with E-state index in [9.17, 15) is 4.79 Å². The SMILES string of the molecule is C=CCSc1nnc2n(CC=C)c3c(c(=O)n12)[C@@](C)(CC)Cc1ccccc1-3. The van der Waals surface area contributed by atoms with E-state index in [0.29, 0.717) is 23.2 Å². The first-order chi connectivity index (χ1) is 13.6. The van der Waals surface area contributed by atoms with E-state index >= 15 is 0 Å². The van der Waals surface area contributed by atoms with Gasteiger partial charge in [0.2, 0.25) is 5.78 Å². The van der Waals surface area contributed by atoms with E-state index in [1.807, 2.05) is 12.1 Å². The van der Waals surface area contributed by atoms with Crippen LogP contribution in [0.5, 0.6) is 0 Å². The van der Waals surface area contributed by atoms with Gasteiger partial charge in [0.05, 0.1) is 5.69 Å². The molecule has 0 N–H and O–H groups in total. The molecule has 0 radical (unpaired) electrons. The Labute approximate surface area is 168 Å². The van der Waals surface area contributed by atoms with Gasteiger partial charge in [-0.25, -0.2) is 4.40 Å². The van der Waals surface area contributed by atoms with Crippen molar-refractivity contribution in [2.24, 2.45) is 0 Å². The van der Waals surface area contributed by atoms with Gasteiger partial charge in [0.1, 0.15) is 0 Å². The highest BCUT2D eigenvalue weighted by molar-refractivity contribution is 7.99. The summed E-state index contributed by atoms with van der Waals surface area (Å²) < 4.78 is 3.75. The largest absolute Gasteiger partial charge is 0.305 e. The van der Waals surface area contributed by atoms with Crippen LogP contribution in [-0.4, -0.2) is 24.9 Å². The average molecular weight is 393 g/mol. The number of hydrogen-bond acceptors (Lipinski definition) is 4. The highest BCUT2D eigenvalue weighted by Gasteiger charge is 2.39. The Morgan fingerprint density at radius 1 is 1.25 bits per heavy atom. The monoisotopic (exact) mass is 392 g/mol. The highest BCUT2D eigenvalue weighted by Crippen LogP contribution is 2.43. The zero-order valence-electron chi connectivity index (χ0n) is 16.3. The van der Waals surface area contributed by atoms with E-state index in [2.05, 4.69) is 60.0 Å². The van der Waals surface area contributed by atoms with Crippen molar-refractivity contribution in [2.45, 2.75) is 43.8 Å². The van der Waals surface area contributed by atoms with Crippen molar-refractivity contribution in [1.82, 2.24) is 19.2 Å². The molecule has 0 aliphatic heterocycles. The van der Waals surface area contributed by atoms with E-state index in [-0.39, 0.29) is 11.0 Å². The summed E-state index contributed by atoms with van der Waals surface area (Å²) in [5, 5.41) is 9.30. The maximum atomic E-state index is 13.8. The fraction of sp³-hybridized carbons (Fsp3) is 0.318. The molecule has 0 spiro atoms. The number of thioether (sulfide) groups is 1. The molecule has 28 heavy (non-hydrogen) atoms. The van der Waals surface area contributed by atoms with Crippen LogP contribution >= 0.6 is 11.8 Å². The molecular weight excluding hydrogens is 368 g/mol. The summed E-state index contributed by atoms with van der Waals surface area (Å²) in [6.45, 7) is 12.6. The lowest BCUT2D eigenvalue weighted by molar-refractivity contribution is 0.435. The van der Waals surface area contributed by atoms with Crippen molar-refractivity contribution in [1.29, 1.82) is 0 Å². The van der Waals surface area contributed by atoms with Crippen molar-refractivity contribution < 1.29 is 0 Å². The van der Waals surface area contributed by atoms with Gasteiger partial charge in [-0.05, 0) is 18.4 Å². The van der Waals surface area contributed by atoms with Gasteiger partial charge in [-0.2, -0.15) is 0 Å². The number of nitrogens with zero attached hydrogens (tertiary/aromatic N) is 4. The molecule has 2 heterocycles. The van der Waals surface area contributed by atoms with Crippen LogP contribution in [0.4, 0.5) is 0 Å². The summed E-state index contributed by atoms with van der Waals surface area (Å²) in [5.41, 5.74) is 3.91. The average Bonchev–Trinajstić information content (AvgIpc) is 3.13. The minimum absolute atomic E-state index is 0.0132. The quantitative estimate of drug-likeness (QED) is 0.465. The van der Waals surface area contributed by atoms with Gasteiger partial charge < -0.3 is 4.57 Å². The van der Waals surface area contributed by atoms with Crippen molar-refractivity contribution in [2.75, 3.05) is 5.75 Å². The number of allylic oxidation sites excluding steroid dienone is 1. The van der Waals surface area contributed by atoms with Gasteiger partial charge in [-0.3, -0.25) is 4.79 Å². The third-order valence-corrected chi connectivity index (χ3v) is 6.59. The van der Waals surface area contributed by atoms with Crippen LogP contribution in [0.1, 0.15) is 31.4 Å². The standard InChI is InChI=1S/C22H24N4OS/c1-5-12-25-18-16-11-9-8-10-15(16)14-22(4,7-3)17(18)19(27)26-20(25)23-24-21(26)28-13-6-2/h5-6,8-11H,1-2,7,12-14H2,3-4H3/t22-/m0/s1. The first kappa shape index (κ1) is 18.7. The van der Waals surface area contributed by atoms with E-state index in [1.165, 1.54) is 17.3 Å². The van der Waals surface area contributed by atoms with E-state index in [1.54, 1.807) is 10.5 Å². The number of hydrogen-bond donors (Lipinski definition) is 0. The van der Waals surface area contributed by atoms with Crippen LogP contribution in [-0.2, 0) is 18.4 Å².